The third-order valence-corrected chi connectivity index (χ3v) is 3.04. The summed E-state index contributed by atoms with van der Waals surface area (Å²) in [6.07, 6.45) is 2.51. The molecule has 92 valence electrons. The van der Waals surface area contributed by atoms with Crippen LogP contribution in [0.4, 0.5) is 0 Å². The molecule has 0 fully saturated rings. The smallest absolute Gasteiger partial charge is 0.227 e. The first-order chi connectivity index (χ1) is 8.83. The van der Waals surface area contributed by atoms with Gasteiger partial charge in [0.25, 0.3) is 0 Å². The summed E-state index contributed by atoms with van der Waals surface area (Å²) in [5.41, 5.74) is 3.34. The number of aromatic nitrogens is 2. The molecule has 1 aliphatic rings. The van der Waals surface area contributed by atoms with Crippen molar-refractivity contribution >= 4 is 0 Å². The second-order valence-corrected chi connectivity index (χ2v) is 4.45. The van der Waals surface area contributed by atoms with Crippen molar-refractivity contribution in [1.82, 2.24) is 15.3 Å². The van der Waals surface area contributed by atoms with Crippen LogP contribution in [0.25, 0.3) is 0 Å². The number of nitrogens with one attached hydrogen (secondary N) is 1. The monoisotopic (exact) mass is 241 g/mol. The molecule has 0 unspecified atom stereocenters. The molecule has 1 aliphatic heterocycles. The molecule has 1 N–H and O–H groups in total. The summed E-state index contributed by atoms with van der Waals surface area (Å²) in [6, 6.07) is 7.98. The van der Waals surface area contributed by atoms with Crippen molar-refractivity contribution in [2.24, 2.45) is 0 Å². The molecule has 4 heteroatoms. The molecule has 18 heavy (non-hydrogen) atoms. The Labute approximate surface area is 106 Å². The van der Waals surface area contributed by atoms with Gasteiger partial charge < -0.3 is 10.1 Å². The zero-order valence-electron chi connectivity index (χ0n) is 10.3. The summed E-state index contributed by atoms with van der Waals surface area (Å²) in [7, 11) is 0. The van der Waals surface area contributed by atoms with E-state index < -0.39 is 0 Å². The van der Waals surface area contributed by atoms with Gasteiger partial charge in [0.15, 0.2) is 0 Å². The molecular weight excluding hydrogens is 226 g/mol. The first-order valence-corrected chi connectivity index (χ1v) is 6.11. The summed E-state index contributed by atoms with van der Waals surface area (Å²) in [6.45, 7) is 3.79. The Morgan fingerprint density at radius 1 is 1.28 bits per heavy atom. The minimum absolute atomic E-state index is 0.665. The predicted octanol–water partition coefficient (Wildman–Crippen LogP) is 2.22. The molecule has 4 nitrogen and oxygen atoms in total. The molecule has 0 bridgehead atoms. The van der Waals surface area contributed by atoms with E-state index in [1.54, 1.807) is 6.33 Å². The maximum absolute atomic E-state index is 5.87. The van der Waals surface area contributed by atoms with Crippen molar-refractivity contribution in [3.05, 3.63) is 47.4 Å². The highest BCUT2D eigenvalue weighted by molar-refractivity contribution is 5.36. The van der Waals surface area contributed by atoms with Gasteiger partial charge in [-0.1, -0.05) is 12.1 Å². The van der Waals surface area contributed by atoms with Crippen molar-refractivity contribution in [3.63, 3.8) is 0 Å². The molecule has 2 heterocycles. The normalized spacial score (nSPS) is 14.1. The van der Waals surface area contributed by atoms with Crippen LogP contribution in [0.1, 0.15) is 16.8 Å². The summed E-state index contributed by atoms with van der Waals surface area (Å²) < 4.78 is 5.87. The molecule has 0 saturated heterocycles. The fourth-order valence-corrected chi connectivity index (χ4v) is 2.12. The number of hydrogen-bond acceptors (Lipinski definition) is 4. The lowest BCUT2D eigenvalue weighted by Gasteiger charge is -2.18. The quantitative estimate of drug-likeness (QED) is 0.875. The number of fused-ring (bicyclic) bond motifs is 1. The highest BCUT2D eigenvalue weighted by Gasteiger charge is 2.16. The van der Waals surface area contributed by atoms with Crippen molar-refractivity contribution in [1.29, 1.82) is 0 Å². The van der Waals surface area contributed by atoms with Gasteiger partial charge in [0.1, 0.15) is 12.1 Å². The first-order valence-electron chi connectivity index (χ1n) is 6.11. The lowest BCUT2D eigenvalue weighted by Crippen LogP contribution is -2.25. The zero-order chi connectivity index (χ0) is 12.4. The van der Waals surface area contributed by atoms with E-state index in [9.17, 15) is 0 Å². The van der Waals surface area contributed by atoms with Gasteiger partial charge in [0, 0.05) is 19.5 Å². The van der Waals surface area contributed by atoms with Crippen molar-refractivity contribution in [3.8, 4) is 11.6 Å². The summed E-state index contributed by atoms with van der Waals surface area (Å²) in [4.78, 5) is 8.55. The number of ether oxygens (including phenoxy) is 1. The number of benzene rings is 1. The van der Waals surface area contributed by atoms with E-state index in [4.69, 9.17) is 4.74 Å². The van der Waals surface area contributed by atoms with Crippen LogP contribution in [0, 0.1) is 6.92 Å². The van der Waals surface area contributed by atoms with E-state index >= 15 is 0 Å². The molecule has 0 aliphatic carbocycles. The average molecular weight is 241 g/mol. The van der Waals surface area contributed by atoms with Crippen LogP contribution in [-0.4, -0.2) is 16.5 Å². The van der Waals surface area contributed by atoms with E-state index in [1.807, 2.05) is 31.2 Å². The van der Waals surface area contributed by atoms with Crippen LogP contribution in [0.3, 0.4) is 0 Å². The minimum Gasteiger partial charge on any atom is -0.439 e. The minimum atomic E-state index is 0.665. The van der Waals surface area contributed by atoms with Crippen LogP contribution in [-0.2, 0) is 13.0 Å². The first kappa shape index (κ1) is 11.2. The van der Waals surface area contributed by atoms with E-state index in [0.717, 1.165) is 36.5 Å². The topological polar surface area (TPSA) is 47.0 Å². The third-order valence-electron chi connectivity index (χ3n) is 3.04. The second-order valence-electron chi connectivity index (χ2n) is 4.45. The molecular formula is C14H15N3O. The maximum Gasteiger partial charge on any atom is 0.227 e. The second kappa shape index (κ2) is 4.74. The van der Waals surface area contributed by atoms with Gasteiger partial charge in [0.2, 0.25) is 5.88 Å². The molecule has 1 aromatic heterocycles. The van der Waals surface area contributed by atoms with Gasteiger partial charge in [-0.15, -0.1) is 0 Å². The van der Waals surface area contributed by atoms with Crippen molar-refractivity contribution in [2.75, 3.05) is 6.54 Å². The van der Waals surface area contributed by atoms with E-state index in [0.29, 0.717) is 5.88 Å². The molecule has 0 amide bonds. The van der Waals surface area contributed by atoms with Gasteiger partial charge in [-0.25, -0.2) is 9.97 Å². The number of nitrogens with zero attached hydrogens (tertiary/aromatic N) is 2. The van der Waals surface area contributed by atoms with Gasteiger partial charge in [0.05, 0.1) is 11.3 Å². The Morgan fingerprint density at radius 2 is 2.22 bits per heavy atom. The van der Waals surface area contributed by atoms with Gasteiger partial charge >= 0.3 is 0 Å². The van der Waals surface area contributed by atoms with Crippen molar-refractivity contribution in [2.45, 2.75) is 19.9 Å². The summed E-state index contributed by atoms with van der Waals surface area (Å²) in [5.74, 6) is 1.49. The molecule has 0 saturated carbocycles. The van der Waals surface area contributed by atoms with Crippen LogP contribution in [0.15, 0.2) is 30.6 Å². The van der Waals surface area contributed by atoms with Crippen LogP contribution in [0.5, 0.6) is 11.6 Å². The Morgan fingerprint density at radius 3 is 3.11 bits per heavy atom. The molecule has 1 aromatic carbocycles. The molecule has 0 spiro atoms. The fourth-order valence-electron chi connectivity index (χ4n) is 2.12. The summed E-state index contributed by atoms with van der Waals surface area (Å²) in [5, 5.41) is 3.32. The van der Waals surface area contributed by atoms with Gasteiger partial charge in [-0.05, 0) is 24.6 Å². The highest BCUT2D eigenvalue weighted by atomic mass is 16.5. The number of aryl methyl sites for hydroxylation is 1. The fraction of sp³-hybridized carbons (Fsp3) is 0.286. The van der Waals surface area contributed by atoms with Crippen LogP contribution >= 0.6 is 0 Å². The van der Waals surface area contributed by atoms with Gasteiger partial charge in [-0.2, -0.15) is 0 Å². The largest absolute Gasteiger partial charge is 0.439 e. The molecule has 2 aromatic rings. The Hall–Kier alpha value is -1.94. The third kappa shape index (κ3) is 2.19. The van der Waals surface area contributed by atoms with E-state index in [-0.39, 0.29) is 0 Å². The van der Waals surface area contributed by atoms with Crippen LogP contribution < -0.4 is 10.1 Å². The molecule has 3 rings (SSSR count). The number of hydrogen-bond donors (Lipinski definition) is 1. The summed E-state index contributed by atoms with van der Waals surface area (Å²) >= 11 is 0. The Kier molecular flexibility index (Phi) is 2.94. The highest BCUT2D eigenvalue weighted by Crippen LogP contribution is 2.26. The SMILES string of the molecule is Cc1cccc(Oc2ncnc3c2CNCC3)c1. The van der Waals surface area contributed by atoms with E-state index in [1.165, 1.54) is 5.56 Å². The molecule has 0 radical (unpaired) electrons. The predicted molar refractivity (Wildman–Crippen MR) is 68.7 cm³/mol. The standard InChI is InChI=1S/C14H15N3O/c1-10-3-2-4-11(7-10)18-14-12-8-15-6-5-13(12)16-9-17-14/h2-4,7,9,15H,5-6,8H2,1H3. The number of rotatable bonds is 2. The van der Waals surface area contributed by atoms with Crippen LogP contribution in [0.2, 0.25) is 0 Å². The Balaban J connectivity index is 1.93. The van der Waals surface area contributed by atoms with Crippen molar-refractivity contribution < 1.29 is 4.74 Å². The zero-order valence-corrected chi connectivity index (χ0v) is 10.3. The lowest BCUT2D eigenvalue weighted by molar-refractivity contribution is 0.444. The maximum atomic E-state index is 5.87. The molecule has 0 atom stereocenters. The average Bonchev–Trinajstić information content (AvgIpc) is 2.39. The lowest BCUT2D eigenvalue weighted by atomic mass is 10.1. The van der Waals surface area contributed by atoms with Gasteiger partial charge in [-0.3, -0.25) is 0 Å². The van der Waals surface area contributed by atoms with E-state index in [2.05, 4.69) is 15.3 Å². The Bertz CT molecular complexity index is 569.